The van der Waals surface area contributed by atoms with E-state index in [1.54, 1.807) is 0 Å². The standard InChI is InChI=1S/C16H13N/c1-2-8-15-11-6-7-12-16(15)17-13-14-9-4-3-5-10-14/h3-7,9-13H,1H3. The van der Waals surface area contributed by atoms with Crippen molar-refractivity contribution in [1.29, 1.82) is 0 Å². The van der Waals surface area contributed by atoms with Gasteiger partial charge in [0, 0.05) is 6.21 Å². The Bertz CT molecular complexity index is 571. The van der Waals surface area contributed by atoms with Crippen LogP contribution in [0.25, 0.3) is 0 Å². The molecule has 0 spiro atoms. The summed E-state index contributed by atoms with van der Waals surface area (Å²) in [6, 6.07) is 17.9. The van der Waals surface area contributed by atoms with E-state index in [1.807, 2.05) is 67.7 Å². The minimum absolute atomic E-state index is 0.908. The summed E-state index contributed by atoms with van der Waals surface area (Å²) in [5.41, 5.74) is 2.96. The van der Waals surface area contributed by atoms with E-state index in [4.69, 9.17) is 0 Å². The number of hydrogen-bond donors (Lipinski definition) is 0. The number of rotatable bonds is 2. The zero-order valence-corrected chi connectivity index (χ0v) is 9.72. The molecule has 0 heterocycles. The monoisotopic (exact) mass is 219 g/mol. The Morgan fingerprint density at radius 2 is 1.65 bits per heavy atom. The number of benzene rings is 2. The summed E-state index contributed by atoms with van der Waals surface area (Å²) in [6.07, 6.45) is 1.86. The van der Waals surface area contributed by atoms with Crippen molar-refractivity contribution in [1.82, 2.24) is 0 Å². The molecule has 1 nitrogen and oxygen atoms in total. The summed E-state index contributed by atoms with van der Waals surface area (Å²) in [7, 11) is 0. The van der Waals surface area contributed by atoms with E-state index in [0.717, 1.165) is 16.8 Å². The molecule has 0 atom stereocenters. The van der Waals surface area contributed by atoms with E-state index in [1.165, 1.54) is 0 Å². The van der Waals surface area contributed by atoms with Gasteiger partial charge in [0.15, 0.2) is 0 Å². The molecular formula is C16H13N. The number of aliphatic imine (C=N–C) groups is 1. The van der Waals surface area contributed by atoms with Crippen molar-refractivity contribution >= 4 is 11.9 Å². The van der Waals surface area contributed by atoms with Crippen LogP contribution in [-0.4, -0.2) is 6.21 Å². The van der Waals surface area contributed by atoms with Crippen LogP contribution in [0.3, 0.4) is 0 Å². The molecule has 2 aromatic rings. The van der Waals surface area contributed by atoms with Crippen LogP contribution in [0.4, 0.5) is 5.69 Å². The Morgan fingerprint density at radius 1 is 0.941 bits per heavy atom. The SMILES string of the molecule is CC#Cc1ccccc1N=Cc1ccccc1. The van der Waals surface area contributed by atoms with Gasteiger partial charge in [-0.05, 0) is 24.6 Å². The van der Waals surface area contributed by atoms with E-state index in [2.05, 4.69) is 16.8 Å². The zero-order valence-electron chi connectivity index (χ0n) is 9.72. The molecule has 0 aliphatic carbocycles. The fraction of sp³-hybridized carbons (Fsp3) is 0.0625. The van der Waals surface area contributed by atoms with Gasteiger partial charge in [-0.15, -0.1) is 5.92 Å². The Balaban J connectivity index is 2.29. The van der Waals surface area contributed by atoms with Gasteiger partial charge in [0.05, 0.1) is 11.3 Å². The molecule has 0 unspecified atom stereocenters. The Labute approximate surface area is 102 Å². The van der Waals surface area contributed by atoms with Crippen molar-refractivity contribution in [3.05, 3.63) is 65.7 Å². The van der Waals surface area contributed by atoms with E-state index >= 15 is 0 Å². The first-order valence-electron chi connectivity index (χ1n) is 5.51. The minimum Gasteiger partial charge on any atom is -0.255 e. The van der Waals surface area contributed by atoms with Crippen molar-refractivity contribution in [2.75, 3.05) is 0 Å². The smallest absolute Gasteiger partial charge is 0.0786 e. The molecule has 0 aromatic heterocycles. The first-order valence-corrected chi connectivity index (χ1v) is 5.51. The molecule has 0 fully saturated rings. The Morgan fingerprint density at radius 3 is 2.41 bits per heavy atom. The van der Waals surface area contributed by atoms with E-state index < -0.39 is 0 Å². The quantitative estimate of drug-likeness (QED) is 0.538. The van der Waals surface area contributed by atoms with Crippen LogP contribution in [-0.2, 0) is 0 Å². The number of nitrogens with zero attached hydrogens (tertiary/aromatic N) is 1. The molecular weight excluding hydrogens is 206 g/mol. The van der Waals surface area contributed by atoms with Gasteiger partial charge in [-0.3, -0.25) is 4.99 Å². The molecule has 2 aromatic carbocycles. The molecule has 0 radical (unpaired) electrons. The number of para-hydroxylation sites is 1. The van der Waals surface area contributed by atoms with Crippen molar-refractivity contribution in [2.45, 2.75) is 6.92 Å². The van der Waals surface area contributed by atoms with Crippen LogP contribution < -0.4 is 0 Å². The van der Waals surface area contributed by atoms with E-state index in [9.17, 15) is 0 Å². The largest absolute Gasteiger partial charge is 0.255 e. The lowest BCUT2D eigenvalue weighted by atomic mass is 10.2. The molecule has 2 rings (SSSR count). The normalized spacial score (nSPS) is 9.94. The summed E-state index contributed by atoms with van der Waals surface area (Å²) in [4.78, 5) is 4.47. The third-order valence-corrected chi connectivity index (χ3v) is 2.32. The zero-order chi connectivity index (χ0) is 11.9. The molecule has 1 heteroatoms. The van der Waals surface area contributed by atoms with Gasteiger partial charge < -0.3 is 0 Å². The lowest BCUT2D eigenvalue weighted by molar-refractivity contribution is 1.49. The average molecular weight is 219 g/mol. The topological polar surface area (TPSA) is 12.4 Å². The van der Waals surface area contributed by atoms with E-state index in [-0.39, 0.29) is 0 Å². The van der Waals surface area contributed by atoms with Gasteiger partial charge in [-0.25, -0.2) is 0 Å². The van der Waals surface area contributed by atoms with Crippen molar-refractivity contribution in [3.63, 3.8) is 0 Å². The maximum atomic E-state index is 4.47. The van der Waals surface area contributed by atoms with Gasteiger partial charge in [-0.2, -0.15) is 0 Å². The van der Waals surface area contributed by atoms with Crippen molar-refractivity contribution < 1.29 is 0 Å². The third kappa shape index (κ3) is 3.06. The van der Waals surface area contributed by atoms with Crippen LogP contribution in [0.1, 0.15) is 18.1 Å². The summed E-state index contributed by atoms with van der Waals surface area (Å²) in [5.74, 6) is 5.95. The summed E-state index contributed by atoms with van der Waals surface area (Å²) >= 11 is 0. The van der Waals surface area contributed by atoms with Crippen molar-refractivity contribution in [3.8, 4) is 11.8 Å². The van der Waals surface area contributed by atoms with Crippen LogP contribution in [0.2, 0.25) is 0 Å². The lowest BCUT2D eigenvalue weighted by Gasteiger charge is -1.97. The second-order valence-corrected chi connectivity index (χ2v) is 3.56. The minimum atomic E-state index is 0.908. The Hall–Kier alpha value is -2.33. The second-order valence-electron chi connectivity index (χ2n) is 3.56. The summed E-state index contributed by atoms with van der Waals surface area (Å²) < 4.78 is 0. The molecule has 0 saturated heterocycles. The fourth-order valence-corrected chi connectivity index (χ4v) is 1.51. The highest BCUT2D eigenvalue weighted by Gasteiger charge is 1.94. The molecule has 0 bridgehead atoms. The fourth-order valence-electron chi connectivity index (χ4n) is 1.51. The molecule has 0 amide bonds. The summed E-state index contributed by atoms with van der Waals surface area (Å²) in [5, 5.41) is 0. The first kappa shape index (κ1) is 11.2. The van der Waals surface area contributed by atoms with Crippen LogP contribution >= 0.6 is 0 Å². The highest BCUT2D eigenvalue weighted by molar-refractivity contribution is 5.82. The molecule has 0 N–H and O–H groups in total. The maximum absolute atomic E-state index is 4.47. The molecule has 0 aliphatic rings. The van der Waals surface area contributed by atoms with Gasteiger partial charge >= 0.3 is 0 Å². The Kier molecular flexibility index (Phi) is 3.72. The van der Waals surface area contributed by atoms with Crippen LogP contribution in [0.15, 0.2) is 59.6 Å². The van der Waals surface area contributed by atoms with Gasteiger partial charge in [0.1, 0.15) is 0 Å². The van der Waals surface area contributed by atoms with Gasteiger partial charge in [0.25, 0.3) is 0 Å². The van der Waals surface area contributed by atoms with Gasteiger partial charge in [0.2, 0.25) is 0 Å². The van der Waals surface area contributed by atoms with E-state index in [0.29, 0.717) is 0 Å². The predicted molar refractivity (Wildman–Crippen MR) is 72.7 cm³/mol. The maximum Gasteiger partial charge on any atom is 0.0786 e. The summed E-state index contributed by atoms with van der Waals surface area (Å²) in [6.45, 7) is 1.83. The molecule has 0 saturated carbocycles. The lowest BCUT2D eigenvalue weighted by Crippen LogP contribution is -1.80. The van der Waals surface area contributed by atoms with Gasteiger partial charge in [-0.1, -0.05) is 48.4 Å². The van der Waals surface area contributed by atoms with Crippen LogP contribution in [0, 0.1) is 11.8 Å². The third-order valence-electron chi connectivity index (χ3n) is 2.32. The van der Waals surface area contributed by atoms with Crippen molar-refractivity contribution in [2.24, 2.45) is 4.99 Å². The number of hydrogen-bond acceptors (Lipinski definition) is 1. The average Bonchev–Trinajstić information content (AvgIpc) is 2.39. The predicted octanol–water partition coefficient (Wildman–Crippen LogP) is 3.81. The molecule has 17 heavy (non-hydrogen) atoms. The first-order chi connectivity index (χ1) is 8.40. The highest BCUT2D eigenvalue weighted by atomic mass is 14.7. The van der Waals surface area contributed by atoms with Crippen LogP contribution in [0.5, 0.6) is 0 Å². The molecule has 82 valence electrons. The molecule has 0 aliphatic heterocycles. The second kappa shape index (κ2) is 5.67. The highest BCUT2D eigenvalue weighted by Crippen LogP contribution is 2.17.